The third kappa shape index (κ3) is 4.94. The zero-order valence-corrected chi connectivity index (χ0v) is 13.2. The summed E-state index contributed by atoms with van der Waals surface area (Å²) < 4.78 is 0. The number of nitrogens with one attached hydrogen (secondary N) is 1. The first-order valence-corrected chi connectivity index (χ1v) is 7.80. The van der Waals surface area contributed by atoms with Crippen LogP contribution < -0.4 is 10.2 Å². The molecule has 0 aromatic carbocycles. The maximum absolute atomic E-state index is 4.69. The molecule has 0 aliphatic rings. The molecule has 0 spiro atoms. The minimum atomic E-state index is 0.549. The molecule has 1 aromatic heterocycles. The van der Waals surface area contributed by atoms with Gasteiger partial charge in [0.05, 0.1) is 5.69 Å². The van der Waals surface area contributed by atoms with Gasteiger partial charge in [-0.15, -0.1) is 11.3 Å². The molecule has 0 fully saturated rings. The summed E-state index contributed by atoms with van der Waals surface area (Å²) in [4.78, 5) is 6.99. The molecule has 0 radical (unpaired) electrons. The number of hydrogen-bond donors (Lipinski definition) is 1. The van der Waals surface area contributed by atoms with Gasteiger partial charge in [-0.1, -0.05) is 20.8 Å². The topological polar surface area (TPSA) is 28.2 Å². The fourth-order valence-corrected chi connectivity index (χ4v) is 2.86. The zero-order valence-electron chi connectivity index (χ0n) is 12.4. The Morgan fingerprint density at radius 1 is 1.39 bits per heavy atom. The van der Waals surface area contributed by atoms with Crippen molar-refractivity contribution < 1.29 is 0 Å². The summed E-state index contributed by atoms with van der Waals surface area (Å²) >= 11 is 1.75. The number of anilines is 1. The minimum absolute atomic E-state index is 0.549. The molecule has 0 amide bonds. The van der Waals surface area contributed by atoms with Crippen LogP contribution in [0.4, 0.5) is 5.13 Å². The summed E-state index contributed by atoms with van der Waals surface area (Å²) in [6.45, 7) is 10.9. The van der Waals surface area contributed by atoms with Crippen molar-refractivity contribution in [3.05, 3.63) is 11.1 Å². The maximum Gasteiger partial charge on any atom is 0.185 e. The van der Waals surface area contributed by atoms with E-state index in [1.165, 1.54) is 12.8 Å². The van der Waals surface area contributed by atoms with Gasteiger partial charge in [0.25, 0.3) is 0 Å². The lowest BCUT2D eigenvalue weighted by Gasteiger charge is -2.25. The molecule has 0 saturated carbocycles. The fourth-order valence-electron chi connectivity index (χ4n) is 1.96. The first-order chi connectivity index (χ1) is 8.54. The summed E-state index contributed by atoms with van der Waals surface area (Å²) in [5.74, 6) is 0.730. The van der Waals surface area contributed by atoms with Gasteiger partial charge in [0.2, 0.25) is 0 Å². The van der Waals surface area contributed by atoms with E-state index in [1.54, 1.807) is 11.3 Å². The molecule has 4 heteroatoms. The van der Waals surface area contributed by atoms with Gasteiger partial charge in [-0.3, -0.25) is 0 Å². The van der Waals surface area contributed by atoms with Crippen molar-refractivity contribution >= 4 is 16.5 Å². The molecule has 1 aromatic rings. The molecule has 104 valence electrons. The molecule has 1 atom stereocenters. The standard InChI is InChI=1S/C14H27N3S/c1-6-7-15-9-13-10-18-14(16-13)17(5)12(4)8-11(2)3/h10-12,15H,6-9H2,1-5H3. The minimum Gasteiger partial charge on any atom is -0.348 e. The molecule has 18 heavy (non-hydrogen) atoms. The van der Waals surface area contributed by atoms with Crippen molar-refractivity contribution in [1.82, 2.24) is 10.3 Å². The van der Waals surface area contributed by atoms with E-state index < -0.39 is 0 Å². The van der Waals surface area contributed by atoms with Crippen molar-refractivity contribution in [3.8, 4) is 0 Å². The highest BCUT2D eigenvalue weighted by atomic mass is 32.1. The summed E-state index contributed by atoms with van der Waals surface area (Å²) in [6.07, 6.45) is 2.38. The van der Waals surface area contributed by atoms with E-state index in [-0.39, 0.29) is 0 Å². The van der Waals surface area contributed by atoms with Gasteiger partial charge < -0.3 is 10.2 Å². The van der Waals surface area contributed by atoms with Crippen LogP contribution in [0.1, 0.15) is 46.2 Å². The Labute approximate surface area is 116 Å². The zero-order chi connectivity index (χ0) is 13.5. The van der Waals surface area contributed by atoms with Crippen LogP contribution in [0.15, 0.2) is 5.38 Å². The molecule has 1 heterocycles. The third-order valence-electron chi connectivity index (χ3n) is 3.05. The van der Waals surface area contributed by atoms with Crippen LogP contribution in [0.25, 0.3) is 0 Å². The predicted molar refractivity (Wildman–Crippen MR) is 81.4 cm³/mol. The van der Waals surface area contributed by atoms with Gasteiger partial charge in [0, 0.05) is 25.0 Å². The molecular formula is C14H27N3S. The van der Waals surface area contributed by atoms with Gasteiger partial charge in [-0.05, 0) is 32.2 Å². The first kappa shape index (κ1) is 15.4. The SMILES string of the molecule is CCCNCc1csc(N(C)C(C)CC(C)C)n1. The van der Waals surface area contributed by atoms with E-state index in [9.17, 15) is 0 Å². The highest BCUT2D eigenvalue weighted by Crippen LogP contribution is 2.23. The van der Waals surface area contributed by atoms with Gasteiger partial charge in [0.15, 0.2) is 5.13 Å². The maximum atomic E-state index is 4.69. The van der Waals surface area contributed by atoms with Crippen LogP contribution in [-0.2, 0) is 6.54 Å². The highest BCUT2D eigenvalue weighted by Gasteiger charge is 2.14. The molecule has 0 bridgehead atoms. The van der Waals surface area contributed by atoms with Crippen LogP contribution in [0.3, 0.4) is 0 Å². The number of nitrogens with zero attached hydrogens (tertiary/aromatic N) is 2. The third-order valence-corrected chi connectivity index (χ3v) is 4.03. The van der Waals surface area contributed by atoms with E-state index in [1.807, 2.05) is 0 Å². The second kappa shape index (κ2) is 7.74. The average Bonchev–Trinajstić information content (AvgIpc) is 2.76. The normalized spacial score (nSPS) is 13.0. The van der Waals surface area contributed by atoms with Crippen molar-refractivity contribution in [1.29, 1.82) is 0 Å². The molecular weight excluding hydrogens is 242 g/mol. The van der Waals surface area contributed by atoms with Crippen LogP contribution in [0, 0.1) is 5.92 Å². The Kier molecular flexibility index (Phi) is 6.65. The first-order valence-electron chi connectivity index (χ1n) is 6.92. The number of aromatic nitrogens is 1. The quantitative estimate of drug-likeness (QED) is 0.732. The Morgan fingerprint density at radius 2 is 2.11 bits per heavy atom. The lowest BCUT2D eigenvalue weighted by Crippen LogP contribution is -2.30. The van der Waals surface area contributed by atoms with E-state index in [0.29, 0.717) is 6.04 Å². The number of thiazole rings is 1. The van der Waals surface area contributed by atoms with Gasteiger partial charge >= 0.3 is 0 Å². The van der Waals surface area contributed by atoms with E-state index in [0.717, 1.165) is 29.8 Å². The van der Waals surface area contributed by atoms with Crippen LogP contribution >= 0.6 is 11.3 Å². The van der Waals surface area contributed by atoms with E-state index in [2.05, 4.69) is 50.3 Å². The summed E-state index contributed by atoms with van der Waals surface area (Å²) in [7, 11) is 2.15. The van der Waals surface area contributed by atoms with Gasteiger partial charge in [-0.25, -0.2) is 4.98 Å². The monoisotopic (exact) mass is 269 g/mol. The molecule has 1 N–H and O–H groups in total. The average molecular weight is 269 g/mol. The second-order valence-corrected chi connectivity index (χ2v) is 6.22. The van der Waals surface area contributed by atoms with Crippen molar-refractivity contribution in [2.45, 2.75) is 53.1 Å². The van der Waals surface area contributed by atoms with Crippen LogP contribution in [-0.4, -0.2) is 24.6 Å². The molecule has 1 unspecified atom stereocenters. The fraction of sp³-hybridized carbons (Fsp3) is 0.786. The van der Waals surface area contributed by atoms with Gasteiger partial charge in [0.1, 0.15) is 0 Å². The summed E-state index contributed by atoms with van der Waals surface area (Å²) in [6, 6.07) is 0.549. The predicted octanol–water partition coefficient (Wildman–Crippen LogP) is 3.51. The second-order valence-electron chi connectivity index (χ2n) is 5.39. The lowest BCUT2D eigenvalue weighted by molar-refractivity contribution is 0.503. The Morgan fingerprint density at radius 3 is 2.72 bits per heavy atom. The largest absolute Gasteiger partial charge is 0.348 e. The lowest BCUT2D eigenvalue weighted by atomic mass is 10.0. The Balaban J connectivity index is 2.50. The van der Waals surface area contributed by atoms with Crippen LogP contribution in [0.5, 0.6) is 0 Å². The molecule has 3 nitrogen and oxygen atoms in total. The molecule has 1 rings (SSSR count). The smallest absolute Gasteiger partial charge is 0.185 e. The summed E-state index contributed by atoms with van der Waals surface area (Å²) in [5.41, 5.74) is 1.16. The van der Waals surface area contributed by atoms with Crippen molar-refractivity contribution in [2.75, 3.05) is 18.5 Å². The van der Waals surface area contributed by atoms with E-state index in [4.69, 9.17) is 4.98 Å². The molecule has 0 aliphatic heterocycles. The number of rotatable bonds is 8. The Bertz CT molecular complexity index is 336. The summed E-state index contributed by atoms with van der Waals surface area (Å²) in [5, 5.41) is 6.69. The van der Waals surface area contributed by atoms with E-state index >= 15 is 0 Å². The molecule has 0 saturated heterocycles. The van der Waals surface area contributed by atoms with Gasteiger partial charge in [-0.2, -0.15) is 0 Å². The molecule has 0 aliphatic carbocycles. The Hall–Kier alpha value is -0.610. The van der Waals surface area contributed by atoms with Crippen LogP contribution in [0.2, 0.25) is 0 Å². The van der Waals surface area contributed by atoms with Crippen molar-refractivity contribution in [2.24, 2.45) is 5.92 Å². The number of hydrogen-bond acceptors (Lipinski definition) is 4. The van der Waals surface area contributed by atoms with Crippen molar-refractivity contribution in [3.63, 3.8) is 0 Å². The highest BCUT2D eigenvalue weighted by molar-refractivity contribution is 7.13.